The van der Waals surface area contributed by atoms with Crippen LogP contribution >= 0.6 is 11.6 Å². The number of benzene rings is 1. The molecule has 1 atom stereocenters. The first-order valence-electron chi connectivity index (χ1n) is 6.35. The summed E-state index contributed by atoms with van der Waals surface area (Å²) in [6.07, 6.45) is -0.176. The minimum Gasteiger partial charge on any atom is -0.387 e. The zero-order valence-electron chi connectivity index (χ0n) is 11.6. The van der Waals surface area contributed by atoms with Crippen LogP contribution in [0, 0.1) is 12.7 Å². The molecule has 0 aliphatic rings. The van der Waals surface area contributed by atoms with Crippen molar-refractivity contribution in [1.29, 1.82) is 0 Å². The van der Waals surface area contributed by atoms with Crippen molar-refractivity contribution in [3.8, 4) is 0 Å². The first-order valence-corrected chi connectivity index (χ1v) is 8.21. The van der Waals surface area contributed by atoms with Crippen molar-refractivity contribution in [3.05, 3.63) is 58.6 Å². The van der Waals surface area contributed by atoms with Gasteiger partial charge in [0.15, 0.2) is 0 Å². The summed E-state index contributed by atoms with van der Waals surface area (Å²) in [5.74, 6) is -0.599. The maximum atomic E-state index is 13.5. The number of halogens is 2. The van der Waals surface area contributed by atoms with Crippen molar-refractivity contribution in [2.24, 2.45) is 0 Å². The van der Waals surface area contributed by atoms with Gasteiger partial charge in [-0.3, -0.25) is 0 Å². The average molecular weight is 345 g/mol. The van der Waals surface area contributed by atoms with E-state index in [9.17, 15) is 17.9 Å². The van der Waals surface area contributed by atoms with Crippen LogP contribution in [0.3, 0.4) is 0 Å². The number of pyridine rings is 1. The van der Waals surface area contributed by atoms with Gasteiger partial charge in [-0.2, -0.15) is 0 Å². The van der Waals surface area contributed by atoms with Crippen LogP contribution in [0.15, 0.2) is 41.4 Å². The molecule has 1 aromatic heterocycles. The lowest BCUT2D eigenvalue weighted by Crippen LogP contribution is -2.29. The summed E-state index contributed by atoms with van der Waals surface area (Å²) >= 11 is 5.75. The molecule has 0 bridgehead atoms. The van der Waals surface area contributed by atoms with Gasteiger partial charge in [0, 0.05) is 18.3 Å². The number of sulfonamides is 1. The van der Waals surface area contributed by atoms with Gasteiger partial charge >= 0.3 is 0 Å². The minimum absolute atomic E-state index is 0.0237. The highest BCUT2D eigenvalue weighted by molar-refractivity contribution is 7.89. The Bertz CT molecular complexity index is 783. The van der Waals surface area contributed by atoms with Crippen molar-refractivity contribution in [2.45, 2.75) is 17.9 Å². The van der Waals surface area contributed by atoms with Gasteiger partial charge in [0.05, 0.1) is 6.10 Å². The fourth-order valence-corrected chi connectivity index (χ4v) is 2.98. The van der Waals surface area contributed by atoms with E-state index in [1.165, 1.54) is 24.3 Å². The topological polar surface area (TPSA) is 79.3 Å². The highest BCUT2D eigenvalue weighted by atomic mass is 35.5. The second-order valence-electron chi connectivity index (χ2n) is 4.67. The van der Waals surface area contributed by atoms with Crippen LogP contribution < -0.4 is 4.72 Å². The van der Waals surface area contributed by atoms with Gasteiger partial charge in [-0.25, -0.2) is 22.5 Å². The SMILES string of the molecule is Cc1cc(S(=O)(=O)NCC(O)c2ccccc2F)cnc1Cl. The molecule has 2 N–H and O–H groups in total. The normalized spacial score (nSPS) is 13.1. The monoisotopic (exact) mass is 344 g/mol. The van der Waals surface area contributed by atoms with Crippen molar-refractivity contribution in [2.75, 3.05) is 6.54 Å². The van der Waals surface area contributed by atoms with Crippen LogP contribution in [0.4, 0.5) is 4.39 Å². The Balaban J connectivity index is 2.13. The lowest BCUT2D eigenvalue weighted by molar-refractivity contribution is 0.177. The molecular formula is C14H14ClFN2O3S. The van der Waals surface area contributed by atoms with Crippen molar-refractivity contribution < 1.29 is 17.9 Å². The summed E-state index contributed by atoms with van der Waals surface area (Å²) < 4.78 is 40.0. The number of aliphatic hydroxyl groups excluding tert-OH is 1. The second kappa shape index (κ2) is 6.70. The van der Waals surface area contributed by atoms with Gasteiger partial charge in [-0.15, -0.1) is 0 Å². The molecule has 0 fully saturated rings. The molecule has 1 heterocycles. The average Bonchev–Trinajstić information content (AvgIpc) is 2.48. The zero-order valence-corrected chi connectivity index (χ0v) is 13.2. The van der Waals surface area contributed by atoms with Crippen LogP contribution in [-0.4, -0.2) is 25.1 Å². The Morgan fingerprint density at radius 3 is 2.73 bits per heavy atom. The molecule has 1 aromatic carbocycles. The number of nitrogens with zero attached hydrogens (tertiary/aromatic N) is 1. The molecule has 1 unspecified atom stereocenters. The predicted octanol–water partition coefficient (Wildman–Crippen LogP) is 2.19. The number of rotatable bonds is 5. The van der Waals surface area contributed by atoms with Gasteiger partial charge in [0.2, 0.25) is 10.0 Å². The lowest BCUT2D eigenvalue weighted by atomic mass is 10.1. The summed E-state index contributed by atoms with van der Waals surface area (Å²) in [6.45, 7) is 1.27. The molecule has 0 amide bonds. The third-order valence-electron chi connectivity index (χ3n) is 3.03. The number of aryl methyl sites for hydroxylation is 1. The number of aromatic nitrogens is 1. The van der Waals surface area contributed by atoms with E-state index in [2.05, 4.69) is 9.71 Å². The molecule has 0 aliphatic heterocycles. The van der Waals surface area contributed by atoms with Crippen LogP contribution in [0.5, 0.6) is 0 Å². The molecule has 2 aromatic rings. The molecule has 5 nitrogen and oxygen atoms in total. The van der Waals surface area contributed by atoms with Crippen molar-refractivity contribution in [1.82, 2.24) is 9.71 Å². The molecule has 0 radical (unpaired) electrons. The third kappa shape index (κ3) is 3.80. The van der Waals surface area contributed by atoms with E-state index in [0.29, 0.717) is 5.56 Å². The highest BCUT2D eigenvalue weighted by Gasteiger charge is 2.19. The third-order valence-corrected chi connectivity index (χ3v) is 4.82. The lowest BCUT2D eigenvalue weighted by Gasteiger charge is -2.13. The number of hydrogen-bond donors (Lipinski definition) is 2. The summed E-state index contributed by atoms with van der Waals surface area (Å²) in [4.78, 5) is 3.69. The van der Waals surface area contributed by atoms with E-state index in [0.717, 1.165) is 6.20 Å². The standard InChI is InChI=1S/C14H14ClFN2O3S/c1-9-6-10(7-17-14(9)15)22(20,21)18-8-13(19)11-4-2-3-5-12(11)16/h2-7,13,18-19H,8H2,1H3. The summed E-state index contributed by atoms with van der Waals surface area (Å²) in [5, 5.41) is 10.1. The van der Waals surface area contributed by atoms with E-state index >= 15 is 0 Å². The highest BCUT2D eigenvalue weighted by Crippen LogP contribution is 2.18. The molecule has 22 heavy (non-hydrogen) atoms. The van der Waals surface area contributed by atoms with Crippen molar-refractivity contribution in [3.63, 3.8) is 0 Å². The largest absolute Gasteiger partial charge is 0.387 e. The first kappa shape index (κ1) is 16.8. The smallest absolute Gasteiger partial charge is 0.242 e. The second-order valence-corrected chi connectivity index (χ2v) is 6.79. The van der Waals surface area contributed by atoms with Gasteiger partial charge < -0.3 is 5.11 Å². The fraction of sp³-hybridized carbons (Fsp3) is 0.214. The molecule has 0 aliphatic carbocycles. The molecule has 0 saturated heterocycles. The maximum Gasteiger partial charge on any atom is 0.242 e. The van der Waals surface area contributed by atoms with E-state index in [1.54, 1.807) is 13.0 Å². The Kier molecular flexibility index (Phi) is 5.12. The Labute approximate surface area is 132 Å². The molecule has 0 spiro atoms. The van der Waals surface area contributed by atoms with Crippen LogP contribution in [0.1, 0.15) is 17.2 Å². The molecular weight excluding hydrogens is 331 g/mol. The minimum atomic E-state index is -3.87. The van der Waals surface area contributed by atoms with E-state index in [1.807, 2.05) is 0 Å². The summed E-state index contributed by atoms with van der Waals surface area (Å²) in [5.41, 5.74) is 0.537. The number of aliphatic hydroxyl groups is 1. The van der Waals surface area contributed by atoms with E-state index in [-0.39, 0.29) is 22.2 Å². The zero-order chi connectivity index (χ0) is 16.3. The Hall–Kier alpha value is -1.54. The van der Waals surface area contributed by atoms with Crippen LogP contribution in [0.2, 0.25) is 5.15 Å². The van der Waals surface area contributed by atoms with E-state index < -0.39 is 21.9 Å². The van der Waals surface area contributed by atoms with Gasteiger partial charge in [-0.1, -0.05) is 29.8 Å². The molecule has 2 rings (SSSR count). The fourth-order valence-electron chi connectivity index (χ4n) is 1.81. The van der Waals surface area contributed by atoms with Crippen molar-refractivity contribution >= 4 is 21.6 Å². The predicted molar refractivity (Wildman–Crippen MR) is 80.5 cm³/mol. The first-order chi connectivity index (χ1) is 10.3. The van der Waals surface area contributed by atoms with E-state index in [4.69, 9.17) is 11.6 Å². The molecule has 0 saturated carbocycles. The molecule has 118 valence electrons. The number of nitrogens with one attached hydrogen (secondary N) is 1. The molecule has 8 heteroatoms. The number of hydrogen-bond acceptors (Lipinski definition) is 4. The van der Waals surface area contributed by atoms with Crippen LogP contribution in [-0.2, 0) is 10.0 Å². The van der Waals surface area contributed by atoms with Crippen LogP contribution in [0.25, 0.3) is 0 Å². The van der Waals surface area contributed by atoms with Gasteiger partial charge in [0.25, 0.3) is 0 Å². The van der Waals surface area contributed by atoms with Gasteiger partial charge in [0.1, 0.15) is 15.9 Å². The maximum absolute atomic E-state index is 13.5. The van der Waals surface area contributed by atoms with Gasteiger partial charge in [-0.05, 0) is 24.6 Å². The summed E-state index contributed by atoms with van der Waals surface area (Å²) in [6, 6.07) is 7.00. The Morgan fingerprint density at radius 1 is 1.41 bits per heavy atom. The summed E-state index contributed by atoms with van der Waals surface area (Å²) in [7, 11) is -3.87. The quantitative estimate of drug-likeness (QED) is 0.815. The Morgan fingerprint density at radius 2 is 2.09 bits per heavy atom.